The van der Waals surface area contributed by atoms with Crippen LogP contribution in [-0.2, 0) is 0 Å². The molecule has 0 aliphatic carbocycles. The number of aryl methyl sites for hydroxylation is 1. The van der Waals surface area contributed by atoms with Gasteiger partial charge in [0.15, 0.2) is 0 Å². The Labute approximate surface area is 152 Å². The number of piperidine rings is 1. The lowest BCUT2D eigenvalue weighted by Gasteiger charge is -2.26. The van der Waals surface area contributed by atoms with Crippen molar-refractivity contribution in [2.24, 2.45) is 0 Å². The average molecular weight is 361 g/mol. The lowest BCUT2D eigenvalue weighted by molar-refractivity contribution is 0.0723. The van der Waals surface area contributed by atoms with Crippen molar-refractivity contribution in [1.29, 1.82) is 0 Å². The first kappa shape index (κ1) is 17.5. The maximum atomic E-state index is 12.4. The summed E-state index contributed by atoms with van der Waals surface area (Å²) in [6.45, 7) is 3.52. The summed E-state index contributed by atoms with van der Waals surface area (Å²) < 4.78 is 5.33. The van der Waals surface area contributed by atoms with Crippen LogP contribution in [0.25, 0.3) is 0 Å². The molecule has 1 aromatic carbocycles. The van der Waals surface area contributed by atoms with Gasteiger partial charge in [-0.1, -0.05) is 11.6 Å². The molecular formula is C18H21ClN4O2. The van der Waals surface area contributed by atoms with E-state index in [1.807, 2.05) is 17.9 Å². The van der Waals surface area contributed by atoms with Gasteiger partial charge < -0.3 is 15.0 Å². The largest absolute Gasteiger partial charge is 0.495 e. The number of carbonyl (C=O) groups is 1. The SMILES string of the molecule is COc1cc(Cl)c(C)cc1Nc1ncc(C(=O)N2CCCCC2)cn1. The molecule has 0 spiro atoms. The molecule has 1 saturated heterocycles. The number of rotatable bonds is 4. The summed E-state index contributed by atoms with van der Waals surface area (Å²) >= 11 is 6.12. The number of hydrogen-bond acceptors (Lipinski definition) is 5. The summed E-state index contributed by atoms with van der Waals surface area (Å²) in [5.74, 6) is 0.994. The van der Waals surface area contributed by atoms with Crippen LogP contribution in [0.2, 0.25) is 5.02 Å². The Hall–Kier alpha value is -2.34. The maximum Gasteiger partial charge on any atom is 0.256 e. The minimum absolute atomic E-state index is 0.00818. The van der Waals surface area contributed by atoms with Crippen LogP contribution in [0.4, 0.5) is 11.6 Å². The zero-order valence-corrected chi connectivity index (χ0v) is 15.1. The number of aromatic nitrogens is 2. The van der Waals surface area contributed by atoms with Crippen molar-refractivity contribution in [3.63, 3.8) is 0 Å². The highest BCUT2D eigenvalue weighted by molar-refractivity contribution is 6.31. The molecule has 0 atom stereocenters. The van der Waals surface area contributed by atoms with Crippen molar-refractivity contribution in [1.82, 2.24) is 14.9 Å². The van der Waals surface area contributed by atoms with Gasteiger partial charge in [-0.05, 0) is 37.8 Å². The van der Waals surface area contributed by atoms with E-state index in [-0.39, 0.29) is 5.91 Å². The molecule has 25 heavy (non-hydrogen) atoms. The zero-order chi connectivity index (χ0) is 17.8. The van der Waals surface area contributed by atoms with Gasteiger partial charge in [0.1, 0.15) is 5.75 Å². The topological polar surface area (TPSA) is 67.3 Å². The van der Waals surface area contributed by atoms with Gasteiger partial charge in [0.05, 0.1) is 18.4 Å². The van der Waals surface area contributed by atoms with Crippen molar-refractivity contribution in [2.45, 2.75) is 26.2 Å². The molecule has 0 bridgehead atoms. The summed E-state index contributed by atoms with van der Waals surface area (Å²) in [5.41, 5.74) is 2.15. The number of anilines is 2. The van der Waals surface area contributed by atoms with Gasteiger partial charge in [-0.15, -0.1) is 0 Å². The van der Waals surface area contributed by atoms with Crippen LogP contribution in [-0.4, -0.2) is 41.0 Å². The highest BCUT2D eigenvalue weighted by atomic mass is 35.5. The molecule has 132 valence electrons. The van der Waals surface area contributed by atoms with E-state index in [2.05, 4.69) is 15.3 Å². The predicted molar refractivity (Wildman–Crippen MR) is 97.8 cm³/mol. The third-order valence-corrected chi connectivity index (χ3v) is 4.68. The Morgan fingerprint density at radius 3 is 2.52 bits per heavy atom. The van der Waals surface area contributed by atoms with Crippen molar-refractivity contribution < 1.29 is 9.53 Å². The Bertz CT molecular complexity index is 758. The first-order valence-electron chi connectivity index (χ1n) is 8.31. The van der Waals surface area contributed by atoms with Gasteiger partial charge >= 0.3 is 0 Å². The number of ether oxygens (including phenoxy) is 1. The van der Waals surface area contributed by atoms with Gasteiger partial charge in [0, 0.05) is 36.6 Å². The molecule has 1 fully saturated rings. The number of halogens is 1. The van der Waals surface area contributed by atoms with E-state index >= 15 is 0 Å². The van der Waals surface area contributed by atoms with Crippen LogP contribution >= 0.6 is 11.6 Å². The van der Waals surface area contributed by atoms with Gasteiger partial charge in [0.2, 0.25) is 5.95 Å². The minimum atomic E-state index is -0.00818. The Balaban J connectivity index is 1.75. The molecule has 1 aliphatic rings. The van der Waals surface area contributed by atoms with E-state index < -0.39 is 0 Å². The second-order valence-electron chi connectivity index (χ2n) is 6.07. The fourth-order valence-electron chi connectivity index (χ4n) is 2.83. The van der Waals surface area contributed by atoms with Crippen molar-refractivity contribution in [3.05, 3.63) is 40.7 Å². The first-order valence-corrected chi connectivity index (χ1v) is 8.69. The number of methoxy groups -OCH3 is 1. The fraction of sp³-hybridized carbons (Fsp3) is 0.389. The Morgan fingerprint density at radius 1 is 1.20 bits per heavy atom. The number of nitrogens with one attached hydrogen (secondary N) is 1. The molecule has 1 aliphatic heterocycles. The summed E-state index contributed by atoms with van der Waals surface area (Å²) in [5, 5.41) is 3.74. The van der Waals surface area contributed by atoms with Crippen LogP contribution in [0.15, 0.2) is 24.5 Å². The molecule has 6 nitrogen and oxygen atoms in total. The predicted octanol–water partition coefficient (Wildman–Crippen LogP) is 3.82. The second-order valence-corrected chi connectivity index (χ2v) is 6.48. The van der Waals surface area contributed by atoms with E-state index in [0.29, 0.717) is 22.3 Å². The third kappa shape index (κ3) is 4.02. The summed E-state index contributed by atoms with van der Waals surface area (Å²) in [6.07, 6.45) is 6.42. The maximum absolute atomic E-state index is 12.4. The molecule has 0 saturated carbocycles. The lowest BCUT2D eigenvalue weighted by Crippen LogP contribution is -2.35. The summed E-state index contributed by atoms with van der Waals surface area (Å²) in [4.78, 5) is 22.8. The molecule has 2 aromatic rings. The standard InChI is InChI=1S/C18H21ClN4O2/c1-12-8-15(16(25-2)9-14(12)19)22-18-20-10-13(11-21-18)17(24)23-6-4-3-5-7-23/h8-11H,3-7H2,1-2H3,(H,20,21,22). The minimum Gasteiger partial charge on any atom is -0.495 e. The van der Waals surface area contributed by atoms with Crippen LogP contribution in [0.1, 0.15) is 35.2 Å². The molecule has 1 N–H and O–H groups in total. The third-order valence-electron chi connectivity index (χ3n) is 4.27. The molecule has 7 heteroatoms. The normalized spacial score (nSPS) is 14.3. The number of likely N-dealkylation sites (tertiary alicyclic amines) is 1. The quantitative estimate of drug-likeness (QED) is 0.897. The number of amides is 1. The zero-order valence-electron chi connectivity index (χ0n) is 14.4. The monoisotopic (exact) mass is 360 g/mol. The molecular weight excluding hydrogens is 340 g/mol. The lowest BCUT2D eigenvalue weighted by atomic mass is 10.1. The highest BCUT2D eigenvalue weighted by Crippen LogP contribution is 2.32. The van der Waals surface area contributed by atoms with E-state index in [4.69, 9.17) is 16.3 Å². The van der Waals surface area contributed by atoms with E-state index in [1.54, 1.807) is 25.6 Å². The summed E-state index contributed by atoms with van der Waals surface area (Å²) in [6, 6.07) is 3.62. The number of hydrogen-bond donors (Lipinski definition) is 1. The van der Waals surface area contributed by atoms with Gasteiger partial charge in [0.25, 0.3) is 5.91 Å². The van der Waals surface area contributed by atoms with Crippen LogP contribution in [0.3, 0.4) is 0 Å². The van der Waals surface area contributed by atoms with Crippen LogP contribution in [0, 0.1) is 6.92 Å². The van der Waals surface area contributed by atoms with E-state index in [1.165, 1.54) is 6.42 Å². The van der Waals surface area contributed by atoms with Gasteiger partial charge in [-0.2, -0.15) is 0 Å². The molecule has 3 rings (SSSR count). The molecule has 2 heterocycles. The molecule has 0 unspecified atom stereocenters. The molecule has 1 aromatic heterocycles. The number of carbonyl (C=O) groups excluding carboxylic acids is 1. The summed E-state index contributed by atoms with van der Waals surface area (Å²) in [7, 11) is 1.58. The number of nitrogens with zero attached hydrogens (tertiary/aromatic N) is 3. The van der Waals surface area contributed by atoms with Crippen LogP contribution in [0.5, 0.6) is 5.75 Å². The van der Waals surface area contributed by atoms with Gasteiger partial charge in [-0.3, -0.25) is 4.79 Å². The Morgan fingerprint density at radius 2 is 1.88 bits per heavy atom. The van der Waals surface area contributed by atoms with Crippen molar-refractivity contribution in [3.8, 4) is 5.75 Å². The molecule has 0 radical (unpaired) electrons. The molecule has 1 amide bonds. The first-order chi connectivity index (χ1) is 12.1. The second kappa shape index (κ2) is 7.70. The number of benzene rings is 1. The van der Waals surface area contributed by atoms with E-state index in [9.17, 15) is 4.79 Å². The van der Waals surface area contributed by atoms with E-state index in [0.717, 1.165) is 37.2 Å². The average Bonchev–Trinajstić information content (AvgIpc) is 2.65. The van der Waals surface area contributed by atoms with Crippen molar-refractivity contribution >= 4 is 29.1 Å². The highest BCUT2D eigenvalue weighted by Gasteiger charge is 2.19. The van der Waals surface area contributed by atoms with Crippen molar-refractivity contribution in [2.75, 3.05) is 25.5 Å². The van der Waals surface area contributed by atoms with Gasteiger partial charge in [-0.25, -0.2) is 9.97 Å². The van der Waals surface area contributed by atoms with Crippen LogP contribution < -0.4 is 10.1 Å². The Kier molecular flexibility index (Phi) is 5.38. The fourth-order valence-corrected chi connectivity index (χ4v) is 2.99. The smallest absolute Gasteiger partial charge is 0.256 e.